The molecular weight excluding hydrogens is 208 g/mol. The minimum absolute atomic E-state index is 0.00740. The van der Waals surface area contributed by atoms with Crippen molar-refractivity contribution in [3.63, 3.8) is 0 Å². The van der Waals surface area contributed by atoms with Crippen LogP contribution in [0.25, 0.3) is 0 Å². The van der Waals surface area contributed by atoms with Gasteiger partial charge in [-0.1, -0.05) is 0 Å². The summed E-state index contributed by atoms with van der Waals surface area (Å²) in [6.45, 7) is 3.06. The Morgan fingerprint density at radius 2 is 2.19 bits per heavy atom. The van der Waals surface area contributed by atoms with E-state index in [0.717, 1.165) is 13.1 Å². The Morgan fingerprint density at radius 1 is 1.50 bits per heavy atom. The molecule has 0 amide bonds. The van der Waals surface area contributed by atoms with Gasteiger partial charge in [0.05, 0.1) is 20.3 Å². The van der Waals surface area contributed by atoms with Gasteiger partial charge >= 0.3 is 5.97 Å². The molecule has 0 aromatic carbocycles. The second kappa shape index (κ2) is 6.64. The molecule has 1 fully saturated rings. The van der Waals surface area contributed by atoms with Crippen LogP contribution in [0.1, 0.15) is 0 Å². The second-order valence-corrected chi connectivity index (χ2v) is 3.17. The lowest BCUT2D eigenvalue weighted by atomic mass is 10.3. The average molecular weight is 222 g/mol. The number of hydrogen-bond donors (Lipinski definition) is 0. The lowest BCUT2D eigenvalue weighted by Gasteiger charge is -2.24. The maximum atomic E-state index is 11.0. The highest BCUT2D eigenvalue weighted by Gasteiger charge is 2.07. The highest BCUT2D eigenvalue weighted by molar-refractivity contribution is 5.92. The summed E-state index contributed by atoms with van der Waals surface area (Å²) < 4.78 is 9.64. The van der Waals surface area contributed by atoms with Gasteiger partial charge in [-0.15, -0.1) is 0 Å². The highest BCUT2D eigenvalue weighted by atomic mass is 16.5. The number of ether oxygens (including phenoxy) is 2. The summed E-state index contributed by atoms with van der Waals surface area (Å²) in [6, 6.07) is 1.78. The molecule has 0 atom stereocenters. The normalized spacial score (nSPS) is 17.2. The van der Waals surface area contributed by atoms with E-state index in [1.807, 2.05) is 6.20 Å². The first-order valence-corrected chi connectivity index (χ1v) is 4.96. The fourth-order valence-electron chi connectivity index (χ4n) is 1.25. The van der Waals surface area contributed by atoms with Crippen LogP contribution in [0.15, 0.2) is 23.9 Å². The van der Waals surface area contributed by atoms with Gasteiger partial charge in [0.2, 0.25) is 0 Å². The molecule has 0 aliphatic carbocycles. The van der Waals surface area contributed by atoms with Crippen LogP contribution in [-0.2, 0) is 14.3 Å². The molecule has 0 radical (unpaired) electrons. The molecule has 1 aliphatic rings. The third kappa shape index (κ3) is 3.75. The third-order valence-electron chi connectivity index (χ3n) is 2.13. The van der Waals surface area contributed by atoms with E-state index in [4.69, 9.17) is 10.00 Å². The quantitative estimate of drug-likeness (QED) is 0.300. The van der Waals surface area contributed by atoms with Crippen molar-refractivity contribution in [2.45, 2.75) is 0 Å². The third-order valence-corrected chi connectivity index (χ3v) is 2.13. The zero-order valence-corrected chi connectivity index (χ0v) is 9.18. The lowest BCUT2D eigenvalue weighted by Crippen LogP contribution is -2.31. The molecule has 0 spiro atoms. The molecule has 0 aromatic rings. The summed E-state index contributed by atoms with van der Waals surface area (Å²) in [5.74, 6) is -0.617. The summed E-state index contributed by atoms with van der Waals surface area (Å²) in [6.07, 6.45) is 4.95. The van der Waals surface area contributed by atoms with Crippen molar-refractivity contribution in [3.05, 3.63) is 23.9 Å². The van der Waals surface area contributed by atoms with Gasteiger partial charge in [-0.3, -0.25) is 0 Å². The Hall–Kier alpha value is -1.80. The molecule has 5 heteroatoms. The fourth-order valence-corrected chi connectivity index (χ4v) is 1.25. The van der Waals surface area contributed by atoms with Crippen LogP contribution in [-0.4, -0.2) is 44.3 Å². The van der Waals surface area contributed by atoms with Gasteiger partial charge < -0.3 is 14.4 Å². The zero-order chi connectivity index (χ0) is 11.8. The monoisotopic (exact) mass is 222 g/mol. The number of esters is 1. The van der Waals surface area contributed by atoms with E-state index in [1.165, 1.54) is 13.2 Å². The second-order valence-electron chi connectivity index (χ2n) is 3.17. The smallest absolute Gasteiger partial charge is 0.348 e. The largest absolute Gasteiger partial charge is 0.465 e. The highest BCUT2D eigenvalue weighted by Crippen LogP contribution is 2.00. The maximum Gasteiger partial charge on any atom is 0.348 e. The molecule has 0 saturated carbocycles. The fraction of sp³-hybridized carbons (Fsp3) is 0.455. The number of rotatable bonds is 3. The Labute approximate surface area is 94.5 Å². The summed E-state index contributed by atoms with van der Waals surface area (Å²) in [4.78, 5) is 13.1. The van der Waals surface area contributed by atoms with Crippen molar-refractivity contribution in [1.29, 1.82) is 5.26 Å². The van der Waals surface area contributed by atoms with Crippen LogP contribution in [0.3, 0.4) is 0 Å². The van der Waals surface area contributed by atoms with Crippen molar-refractivity contribution in [2.75, 3.05) is 33.4 Å². The molecular formula is C11H14N2O3. The Morgan fingerprint density at radius 3 is 2.75 bits per heavy atom. The molecule has 0 bridgehead atoms. The first-order chi connectivity index (χ1) is 7.77. The Kier molecular flexibility index (Phi) is 5.09. The SMILES string of the molecule is COC(=O)/C(C#N)=C\C=C\N1CCOCC1. The van der Waals surface area contributed by atoms with E-state index in [2.05, 4.69) is 9.64 Å². The number of hydrogen-bond acceptors (Lipinski definition) is 5. The number of nitriles is 1. The van der Waals surface area contributed by atoms with Crippen LogP contribution in [0.2, 0.25) is 0 Å². The molecule has 0 N–H and O–H groups in total. The summed E-state index contributed by atoms with van der Waals surface area (Å²) >= 11 is 0. The van der Waals surface area contributed by atoms with E-state index in [-0.39, 0.29) is 5.57 Å². The standard InChI is InChI=1S/C11H14N2O3/c1-15-11(14)10(9-12)3-2-4-13-5-7-16-8-6-13/h2-4H,5-8H2,1H3/b4-2+,10-3-. The summed E-state index contributed by atoms with van der Waals surface area (Å²) in [5.41, 5.74) is -0.00740. The minimum Gasteiger partial charge on any atom is -0.465 e. The van der Waals surface area contributed by atoms with Crippen molar-refractivity contribution < 1.29 is 14.3 Å². The summed E-state index contributed by atoms with van der Waals surface area (Å²) in [5, 5.41) is 8.68. The zero-order valence-electron chi connectivity index (χ0n) is 9.18. The Bertz CT molecular complexity index is 336. The van der Waals surface area contributed by atoms with Crippen LogP contribution in [0.4, 0.5) is 0 Å². The molecule has 1 heterocycles. The number of carbonyl (C=O) groups is 1. The van der Waals surface area contributed by atoms with Crippen LogP contribution >= 0.6 is 0 Å². The van der Waals surface area contributed by atoms with Gasteiger partial charge in [0, 0.05) is 13.1 Å². The van der Waals surface area contributed by atoms with Gasteiger partial charge in [-0.05, 0) is 18.4 Å². The number of carbonyl (C=O) groups excluding carboxylic acids is 1. The van der Waals surface area contributed by atoms with Gasteiger partial charge in [-0.25, -0.2) is 4.79 Å². The van der Waals surface area contributed by atoms with Gasteiger partial charge in [0.1, 0.15) is 11.6 Å². The molecule has 1 saturated heterocycles. The van der Waals surface area contributed by atoms with Gasteiger partial charge in [0.25, 0.3) is 0 Å². The maximum absolute atomic E-state index is 11.0. The number of allylic oxidation sites excluding steroid dienone is 2. The number of nitrogens with zero attached hydrogens (tertiary/aromatic N) is 2. The first-order valence-electron chi connectivity index (χ1n) is 4.96. The molecule has 0 aromatic heterocycles. The minimum atomic E-state index is -0.617. The van der Waals surface area contributed by atoms with Gasteiger partial charge in [0.15, 0.2) is 0 Å². The van der Waals surface area contributed by atoms with E-state index in [0.29, 0.717) is 13.2 Å². The molecule has 5 nitrogen and oxygen atoms in total. The van der Waals surface area contributed by atoms with E-state index < -0.39 is 5.97 Å². The summed E-state index contributed by atoms with van der Waals surface area (Å²) in [7, 11) is 1.25. The van der Waals surface area contributed by atoms with Crippen LogP contribution in [0.5, 0.6) is 0 Å². The number of methoxy groups -OCH3 is 1. The molecule has 0 unspecified atom stereocenters. The molecule has 1 aliphatic heterocycles. The van der Waals surface area contributed by atoms with Crippen LogP contribution in [0, 0.1) is 11.3 Å². The van der Waals surface area contributed by atoms with E-state index in [1.54, 1.807) is 12.1 Å². The lowest BCUT2D eigenvalue weighted by molar-refractivity contribution is -0.135. The van der Waals surface area contributed by atoms with Crippen molar-refractivity contribution >= 4 is 5.97 Å². The number of morpholine rings is 1. The van der Waals surface area contributed by atoms with E-state index in [9.17, 15) is 4.79 Å². The topological polar surface area (TPSA) is 62.6 Å². The molecule has 86 valence electrons. The van der Waals surface area contributed by atoms with Crippen molar-refractivity contribution in [3.8, 4) is 6.07 Å². The van der Waals surface area contributed by atoms with Gasteiger partial charge in [-0.2, -0.15) is 5.26 Å². The molecule has 16 heavy (non-hydrogen) atoms. The van der Waals surface area contributed by atoms with Crippen molar-refractivity contribution in [1.82, 2.24) is 4.90 Å². The average Bonchev–Trinajstić information content (AvgIpc) is 2.35. The first kappa shape index (κ1) is 12.3. The van der Waals surface area contributed by atoms with Crippen molar-refractivity contribution in [2.24, 2.45) is 0 Å². The van der Waals surface area contributed by atoms with E-state index >= 15 is 0 Å². The Balaban J connectivity index is 2.52. The predicted molar refractivity (Wildman–Crippen MR) is 57.2 cm³/mol. The predicted octanol–water partition coefficient (Wildman–Crippen LogP) is 0.455. The van der Waals surface area contributed by atoms with Crippen LogP contribution < -0.4 is 0 Å². The molecule has 1 rings (SSSR count).